The molecule has 0 aliphatic carbocycles. The molecule has 176 valence electrons. The van der Waals surface area contributed by atoms with Crippen LogP contribution in [0.15, 0.2) is 24.3 Å². The minimum Gasteiger partial charge on any atom is -0.462 e. The second kappa shape index (κ2) is 8.95. The molecular formula is C21H30N4O6S. The molecule has 11 heteroatoms. The Morgan fingerprint density at radius 2 is 1.72 bits per heavy atom. The second-order valence-corrected chi connectivity index (χ2v) is 11.0. The Balaban J connectivity index is 1.22. The number of esters is 1. The maximum atomic E-state index is 12.6. The first-order chi connectivity index (χ1) is 15.2. The van der Waals surface area contributed by atoms with Crippen LogP contribution < -0.4 is 4.90 Å². The first-order valence-electron chi connectivity index (χ1n) is 11.0. The number of non-ortho nitro benzene ring substituents is 1. The predicted molar refractivity (Wildman–Crippen MR) is 119 cm³/mol. The van der Waals surface area contributed by atoms with Crippen LogP contribution in [-0.4, -0.2) is 86.7 Å². The fraction of sp³-hybridized carbons (Fsp3) is 0.667. The highest BCUT2D eigenvalue weighted by molar-refractivity contribution is 7.88. The number of hydrogen-bond acceptors (Lipinski definition) is 8. The van der Waals surface area contributed by atoms with Crippen molar-refractivity contribution in [3.63, 3.8) is 0 Å². The van der Waals surface area contributed by atoms with Gasteiger partial charge in [0.05, 0.1) is 16.6 Å². The van der Waals surface area contributed by atoms with Crippen molar-refractivity contribution < 1.29 is 22.9 Å². The van der Waals surface area contributed by atoms with Crippen molar-refractivity contribution >= 4 is 27.4 Å². The molecule has 0 saturated carbocycles. The van der Waals surface area contributed by atoms with Crippen LogP contribution >= 0.6 is 0 Å². The van der Waals surface area contributed by atoms with Crippen molar-refractivity contribution in [2.24, 2.45) is 5.41 Å². The van der Waals surface area contributed by atoms with Crippen LogP contribution in [0.1, 0.15) is 25.7 Å². The average molecular weight is 467 g/mol. The molecule has 3 aliphatic heterocycles. The molecule has 3 aliphatic rings. The number of piperidine rings is 1. The quantitative estimate of drug-likeness (QED) is 0.352. The number of piperazine rings is 1. The van der Waals surface area contributed by atoms with Gasteiger partial charge in [0.2, 0.25) is 10.0 Å². The Morgan fingerprint density at radius 1 is 1.09 bits per heavy atom. The summed E-state index contributed by atoms with van der Waals surface area (Å²) in [7, 11) is -3.22. The van der Waals surface area contributed by atoms with Gasteiger partial charge in [0.1, 0.15) is 6.10 Å². The van der Waals surface area contributed by atoms with E-state index in [9.17, 15) is 23.3 Å². The van der Waals surface area contributed by atoms with Crippen molar-refractivity contribution in [1.82, 2.24) is 9.21 Å². The maximum absolute atomic E-state index is 12.6. The number of cyclic esters (lactones) is 1. The van der Waals surface area contributed by atoms with Gasteiger partial charge in [0, 0.05) is 70.1 Å². The standard InChI is InChI=1S/C21H30N4O6S/c1-32(29,30)24-10-7-21(8-11-24)16-19(31-20(21)26)6-9-22-12-14-23(15-13-22)17-2-4-18(5-3-17)25(27)28/h2-5,19H,6-16H2,1H3. The minimum absolute atomic E-state index is 0.0956. The van der Waals surface area contributed by atoms with Gasteiger partial charge in [-0.05, 0) is 31.4 Å². The molecule has 3 fully saturated rings. The van der Waals surface area contributed by atoms with Gasteiger partial charge in [-0.3, -0.25) is 19.8 Å². The van der Waals surface area contributed by atoms with Crippen molar-refractivity contribution in [3.05, 3.63) is 34.4 Å². The molecule has 1 spiro atoms. The molecule has 32 heavy (non-hydrogen) atoms. The zero-order chi connectivity index (χ0) is 22.9. The molecule has 1 aromatic rings. The lowest BCUT2D eigenvalue weighted by Gasteiger charge is -2.36. The third-order valence-electron chi connectivity index (χ3n) is 7.04. The van der Waals surface area contributed by atoms with Gasteiger partial charge in [-0.2, -0.15) is 0 Å². The fourth-order valence-electron chi connectivity index (χ4n) is 4.99. The maximum Gasteiger partial charge on any atom is 0.312 e. The first kappa shape index (κ1) is 22.9. The van der Waals surface area contributed by atoms with Crippen molar-refractivity contribution in [2.75, 3.05) is 57.0 Å². The minimum atomic E-state index is -3.22. The zero-order valence-corrected chi connectivity index (χ0v) is 19.1. The monoisotopic (exact) mass is 466 g/mol. The Hall–Kier alpha value is -2.24. The van der Waals surface area contributed by atoms with Gasteiger partial charge in [-0.25, -0.2) is 12.7 Å². The molecule has 3 heterocycles. The third kappa shape index (κ3) is 4.89. The van der Waals surface area contributed by atoms with E-state index in [0.717, 1.165) is 44.8 Å². The van der Waals surface area contributed by atoms with Crippen LogP contribution in [0.25, 0.3) is 0 Å². The molecule has 0 N–H and O–H groups in total. The normalized spacial score (nSPS) is 24.6. The molecule has 3 saturated heterocycles. The third-order valence-corrected chi connectivity index (χ3v) is 8.34. The Kier molecular flexibility index (Phi) is 6.42. The van der Waals surface area contributed by atoms with Crippen LogP contribution in [0.2, 0.25) is 0 Å². The van der Waals surface area contributed by atoms with Gasteiger partial charge >= 0.3 is 5.97 Å². The summed E-state index contributed by atoms with van der Waals surface area (Å²) in [4.78, 5) is 27.6. The largest absolute Gasteiger partial charge is 0.462 e. The molecule has 0 amide bonds. The first-order valence-corrected chi connectivity index (χ1v) is 12.9. The number of nitro benzene ring substituents is 1. The summed E-state index contributed by atoms with van der Waals surface area (Å²) >= 11 is 0. The van der Waals surface area contributed by atoms with Crippen molar-refractivity contribution in [3.8, 4) is 0 Å². The summed E-state index contributed by atoms with van der Waals surface area (Å²) in [5, 5.41) is 10.8. The van der Waals surface area contributed by atoms with Crippen molar-refractivity contribution in [1.29, 1.82) is 0 Å². The number of rotatable bonds is 6. The lowest BCUT2D eigenvalue weighted by Crippen LogP contribution is -2.47. The van der Waals surface area contributed by atoms with Crippen LogP contribution in [0.4, 0.5) is 11.4 Å². The van der Waals surface area contributed by atoms with E-state index in [1.54, 1.807) is 12.1 Å². The van der Waals surface area contributed by atoms with Gasteiger partial charge < -0.3 is 9.64 Å². The fourth-order valence-corrected chi connectivity index (χ4v) is 5.84. The summed E-state index contributed by atoms with van der Waals surface area (Å²) in [6, 6.07) is 6.65. The number of ether oxygens (including phenoxy) is 1. The summed E-state index contributed by atoms with van der Waals surface area (Å²) < 4.78 is 30.6. The molecule has 1 unspecified atom stereocenters. The smallest absolute Gasteiger partial charge is 0.312 e. The molecule has 1 aromatic carbocycles. The highest BCUT2D eigenvalue weighted by Crippen LogP contribution is 2.44. The van der Waals surface area contributed by atoms with Crippen molar-refractivity contribution in [2.45, 2.75) is 31.8 Å². The molecule has 0 bridgehead atoms. The van der Waals surface area contributed by atoms with Crippen LogP contribution in [0, 0.1) is 15.5 Å². The van der Waals surface area contributed by atoms with Gasteiger partial charge in [-0.15, -0.1) is 0 Å². The zero-order valence-electron chi connectivity index (χ0n) is 18.3. The number of carbonyl (C=O) groups excluding carboxylic acids is 1. The number of nitro groups is 1. The molecule has 0 aromatic heterocycles. The number of anilines is 1. The van der Waals surface area contributed by atoms with E-state index < -0.39 is 20.4 Å². The molecular weight excluding hydrogens is 436 g/mol. The van der Waals surface area contributed by atoms with Gasteiger partial charge in [-0.1, -0.05) is 0 Å². The van der Waals surface area contributed by atoms with E-state index in [0.29, 0.717) is 32.4 Å². The molecule has 10 nitrogen and oxygen atoms in total. The highest BCUT2D eigenvalue weighted by atomic mass is 32.2. The second-order valence-electron chi connectivity index (χ2n) is 9.06. The summed E-state index contributed by atoms with van der Waals surface area (Å²) in [5.74, 6) is -0.168. The predicted octanol–water partition coefficient (Wildman–Crippen LogP) is 1.46. The Bertz CT molecular complexity index is 951. The molecule has 4 rings (SSSR count). The number of sulfonamides is 1. The number of carbonyl (C=O) groups is 1. The topological polar surface area (TPSA) is 113 Å². The lowest BCUT2D eigenvalue weighted by atomic mass is 9.76. The van der Waals surface area contributed by atoms with Crippen LogP contribution in [0.3, 0.4) is 0 Å². The highest BCUT2D eigenvalue weighted by Gasteiger charge is 2.51. The number of hydrogen-bond donors (Lipinski definition) is 0. The summed E-state index contributed by atoms with van der Waals surface area (Å²) in [6.07, 6.45) is 3.61. The Labute approximate surface area is 188 Å². The molecule has 1 atom stereocenters. The van der Waals surface area contributed by atoms with E-state index in [2.05, 4.69) is 9.80 Å². The van der Waals surface area contributed by atoms with Gasteiger partial charge in [0.15, 0.2) is 0 Å². The lowest BCUT2D eigenvalue weighted by molar-refractivity contribution is -0.384. The molecule has 0 radical (unpaired) electrons. The van der Waals surface area contributed by atoms with E-state index in [1.165, 1.54) is 22.7 Å². The summed E-state index contributed by atoms with van der Waals surface area (Å²) in [5.41, 5.74) is 0.557. The van der Waals surface area contributed by atoms with Crippen LogP contribution in [0.5, 0.6) is 0 Å². The van der Waals surface area contributed by atoms with E-state index in [1.807, 2.05) is 0 Å². The number of nitrogens with zero attached hydrogens (tertiary/aromatic N) is 4. The van der Waals surface area contributed by atoms with E-state index in [4.69, 9.17) is 4.74 Å². The van der Waals surface area contributed by atoms with Crippen LogP contribution in [-0.2, 0) is 19.6 Å². The summed E-state index contributed by atoms with van der Waals surface area (Å²) in [6.45, 7) is 5.05. The Morgan fingerprint density at radius 3 is 2.28 bits per heavy atom. The van der Waals surface area contributed by atoms with E-state index in [-0.39, 0.29) is 17.8 Å². The van der Waals surface area contributed by atoms with Gasteiger partial charge in [0.25, 0.3) is 5.69 Å². The van der Waals surface area contributed by atoms with E-state index >= 15 is 0 Å². The average Bonchev–Trinajstić information content (AvgIpc) is 3.07. The SMILES string of the molecule is CS(=O)(=O)N1CCC2(CC1)CC(CCN1CCN(c3ccc([N+](=O)[O-])cc3)CC1)OC2=O. The number of benzene rings is 1.